The van der Waals surface area contributed by atoms with E-state index in [0.717, 1.165) is 36.3 Å². The number of hydrogen-bond acceptors (Lipinski definition) is 5. The van der Waals surface area contributed by atoms with Gasteiger partial charge in [0.25, 0.3) is 11.8 Å². The number of carbonyl (C=O) groups excluding carboxylic acids is 2. The van der Waals surface area contributed by atoms with E-state index in [-0.39, 0.29) is 22.8 Å². The number of nitrogens with zero attached hydrogens (tertiary/aromatic N) is 2. The number of benzene rings is 1. The second-order valence-electron chi connectivity index (χ2n) is 8.60. The first-order valence-electron chi connectivity index (χ1n) is 11.6. The van der Waals surface area contributed by atoms with Crippen molar-refractivity contribution in [3.63, 3.8) is 0 Å². The molecule has 1 saturated heterocycles. The Morgan fingerprint density at radius 1 is 1.14 bits per heavy atom. The van der Waals surface area contributed by atoms with Crippen molar-refractivity contribution in [3.05, 3.63) is 81.3 Å². The van der Waals surface area contributed by atoms with E-state index >= 15 is 0 Å². The lowest BCUT2D eigenvalue weighted by Gasteiger charge is -2.32. The molecule has 2 amide bonds. The highest BCUT2D eigenvalue weighted by Crippen LogP contribution is 2.30. The van der Waals surface area contributed by atoms with Gasteiger partial charge in [0.15, 0.2) is 5.11 Å². The molecule has 182 valence electrons. The molecule has 1 aromatic carbocycles. The molecule has 0 saturated carbocycles. The number of likely N-dealkylation sites (tertiary alicyclic amines) is 1. The zero-order chi connectivity index (χ0) is 24.8. The standard InChI is InChI=1S/C26H29N5O2S2/c1-17-4-9-22(24(32)28-13-10-21-3-2-16-35-21)23(29-17)18-11-14-31(15-12-18)25(33)19-5-7-20(8-6-19)30-26(27)34/h2-9,16,18H,10-15H2,1H3,(H,28,32)(H3,27,30,34). The van der Waals surface area contributed by atoms with E-state index in [2.05, 4.69) is 16.7 Å². The smallest absolute Gasteiger partial charge is 0.253 e. The molecular weight excluding hydrogens is 478 g/mol. The molecule has 3 heterocycles. The van der Waals surface area contributed by atoms with Crippen LogP contribution in [0.15, 0.2) is 53.9 Å². The van der Waals surface area contributed by atoms with Crippen molar-refractivity contribution in [2.75, 3.05) is 25.0 Å². The molecule has 0 bridgehead atoms. The fraction of sp³-hybridized carbons (Fsp3) is 0.308. The number of nitrogens with two attached hydrogens (primary N) is 1. The van der Waals surface area contributed by atoms with Gasteiger partial charge in [-0.15, -0.1) is 11.3 Å². The zero-order valence-corrected chi connectivity index (χ0v) is 21.3. The minimum Gasteiger partial charge on any atom is -0.376 e. The molecule has 4 N–H and O–H groups in total. The van der Waals surface area contributed by atoms with Crippen LogP contribution < -0.4 is 16.4 Å². The van der Waals surface area contributed by atoms with Crippen molar-refractivity contribution < 1.29 is 9.59 Å². The van der Waals surface area contributed by atoms with Crippen LogP contribution in [0.5, 0.6) is 0 Å². The molecule has 0 spiro atoms. The van der Waals surface area contributed by atoms with Gasteiger partial charge in [-0.1, -0.05) is 6.07 Å². The molecule has 0 unspecified atom stereocenters. The molecule has 9 heteroatoms. The third-order valence-electron chi connectivity index (χ3n) is 6.11. The Hall–Kier alpha value is -3.30. The van der Waals surface area contributed by atoms with Crippen LogP contribution in [0.25, 0.3) is 0 Å². The summed E-state index contributed by atoms with van der Waals surface area (Å²) >= 11 is 6.54. The SMILES string of the molecule is Cc1ccc(C(=O)NCCc2cccs2)c(C2CCN(C(=O)c3ccc(NC(N)=S)cc3)CC2)n1. The normalized spacial score (nSPS) is 13.9. The van der Waals surface area contributed by atoms with Gasteiger partial charge in [0.2, 0.25) is 0 Å². The average Bonchev–Trinajstić information content (AvgIpc) is 3.37. The number of aromatic nitrogens is 1. The summed E-state index contributed by atoms with van der Waals surface area (Å²) in [6.07, 6.45) is 2.34. The van der Waals surface area contributed by atoms with Gasteiger partial charge in [-0.05, 0) is 86.2 Å². The van der Waals surface area contributed by atoms with Crippen LogP contribution in [0.2, 0.25) is 0 Å². The Labute approximate surface area is 214 Å². The maximum Gasteiger partial charge on any atom is 0.253 e. The van der Waals surface area contributed by atoms with Crippen LogP contribution in [0.4, 0.5) is 5.69 Å². The maximum atomic E-state index is 13.0. The molecule has 35 heavy (non-hydrogen) atoms. The Morgan fingerprint density at radius 3 is 2.54 bits per heavy atom. The fourth-order valence-electron chi connectivity index (χ4n) is 4.31. The summed E-state index contributed by atoms with van der Waals surface area (Å²) in [5.74, 6) is 0.0384. The Morgan fingerprint density at radius 2 is 1.89 bits per heavy atom. The predicted octanol–water partition coefficient (Wildman–Crippen LogP) is 4.10. The topological polar surface area (TPSA) is 100 Å². The minimum atomic E-state index is -0.0896. The largest absolute Gasteiger partial charge is 0.376 e. The number of anilines is 1. The van der Waals surface area contributed by atoms with Crippen molar-refractivity contribution in [3.8, 4) is 0 Å². The van der Waals surface area contributed by atoms with Crippen LogP contribution in [0.3, 0.4) is 0 Å². The first-order chi connectivity index (χ1) is 16.9. The van der Waals surface area contributed by atoms with Crippen LogP contribution in [-0.2, 0) is 6.42 Å². The zero-order valence-electron chi connectivity index (χ0n) is 19.6. The summed E-state index contributed by atoms with van der Waals surface area (Å²) in [5.41, 5.74) is 9.22. The molecule has 1 fully saturated rings. The molecule has 4 rings (SSSR count). The third-order valence-corrected chi connectivity index (χ3v) is 7.15. The van der Waals surface area contributed by atoms with Crippen LogP contribution in [0.1, 0.15) is 55.7 Å². The second kappa shape index (κ2) is 11.4. The summed E-state index contributed by atoms with van der Waals surface area (Å²) in [6, 6.07) is 15.0. The van der Waals surface area contributed by atoms with Gasteiger partial charge in [0, 0.05) is 47.4 Å². The maximum absolute atomic E-state index is 13.0. The molecule has 7 nitrogen and oxygen atoms in total. The summed E-state index contributed by atoms with van der Waals surface area (Å²) in [5, 5.41) is 8.13. The quantitative estimate of drug-likeness (QED) is 0.417. The number of pyridine rings is 1. The van der Waals surface area contributed by atoms with E-state index in [0.29, 0.717) is 30.8 Å². The van der Waals surface area contributed by atoms with Gasteiger partial charge < -0.3 is 21.3 Å². The highest BCUT2D eigenvalue weighted by molar-refractivity contribution is 7.80. The first kappa shape index (κ1) is 24.8. The van der Waals surface area contributed by atoms with Crippen LogP contribution in [0, 0.1) is 6.92 Å². The van der Waals surface area contributed by atoms with Crippen molar-refractivity contribution >= 4 is 46.2 Å². The number of piperidine rings is 1. The van der Waals surface area contributed by atoms with Gasteiger partial charge in [-0.25, -0.2) is 0 Å². The third kappa shape index (κ3) is 6.43. The van der Waals surface area contributed by atoms with E-state index in [9.17, 15) is 9.59 Å². The van der Waals surface area contributed by atoms with Crippen molar-refractivity contribution in [2.45, 2.75) is 32.1 Å². The van der Waals surface area contributed by atoms with Gasteiger partial charge in [-0.3, -0.25) is 14.6 Å². The molecule has 0 radical (unpaired) electrons. The van der Waals surface area contributed by atoms with E-state index < -0.39 is 0 Å². The summed E-state index contributed by atoms with van der Waals surface area (Å²) in [7, 11) is 0. The van der Waals surface area contributed by atoms with Gasteiger partial charge >= 0.3 is 0 Å². The lowest BCUT2D eigenvalue weighted by molar-refractivity contribution is 0.0710. The van der Waals surface area contributed by atoms with E-state index in [4.69, 9.17) is 22.9 Å². The molecule has 2 aromatic heterocycles. The minimum absolute atomic E-state index is 0.00549. The summed E-state index contributed by atoms with van der Waals surface area (Å²) in [6.45, 7) is 3.76. The van der Waals surface area contributed by atoms with Gasteiger partial charge in [0.1, 0.15) is 0 Å². The molecule has 3 aromatic rings. The van der Waals surface area contributed by atoms with Gasteiger partial charge in [0.05, 0.1) is 11.3 Å². The molecular formula is C26H29N5O2S2. The van der Waals surface area contributed by atoms with E-state index in [1.54, 1.807) is 35.6 Å². The second-order valence-corrected chi connectivity index (χ2v) is 10.1. The number of carbonyl (C=O) groups is 2. The molecule has 0 atom stereocenters. The predicted molar refractivity (Wildman–Crippen MR) is 144 cm³/mol. The highest BCUT2D eigenvalue weighted by Gasteiger charge is 2.28. The first-order valence-corrected chi connectivity index (χ1v) is 12.9. The number of amides is 2. The van der Waals surface area contributed by atoms with E-state index in [1.807, 2.05) is 35.4 Å². The fourth-order valence-corrected chi connectivity index (χ4v) is 5.13. The summed E-state index contributed by atoms with van der Waals surface area (Å²) < 4.78 is 0. The monoisotopic (exact) mass is 507 g/mol. The van der Waals surface area contributed by atoms with Gasteiger partial charge in [-0.2, -0.15) is 0 Å². The number of thiophene rings is 1. The van der Waals surface area contributed by atoms with E-state index in [1.165, 1.54) is 4.88 Å². The lowest BCUT2D eigenvalue weighted by atomic mass is 9.89. The lowest BCUT2D eigenvalue weighted by Crippen LogP contribution is -2.38. The number of aryl methyl sites for hydroxylation is 1. The highest BCUT2D eigenvalue weighted by atomic mass is 32.1. The Balaban J connectivity index is 1.37. The average molecular weight is 508 g/mol. The summed E-state index contributed by atoms with van der Waals surface area (Å²) in [4.78, 5) is 33.8. The van der Waals surface area contributed by atoms with Crippen LogP contribution >= 0.6 is 23.6 Å². The molecule has 1 aliphatic heterocycles. The Bertz CT molecular complexity index is 1190. The number of rotatable bonds is 7. The number of hydrogen-bond donors (Lipinski definition) is 3. The van der Waals surface area contributed by atoms with Crippen molar-refractivity contribution in [1.29, 1.82) is 0 Å². The van der Waals surface area contributed by atoms with Crippen molar-refractivity contribution in [2.24, 2.45) is 5.73 Å². The molecule has 1 aliphatic rings. The van der Waals surface area contributed by atoms with Crippen molar-refractivity contribution in [1.82, 2.24) is 15.2 Å². The number of nitrogens with one attached hydrogen (secondary N) is 2. The van der Waals surface area contributed by atoms with Crippen LogP contribution in [-0.4, -0.2) is 46.4 Å². The Kier molecular flexibility index (Phi) is 8.09. The molecule has 0 aliphatic carbocycles. The number of thiocarbonyl (C=S) groups is 1.